The highest BCUT2D eigenvalue weighted by Gasteiger charge is 2.52. The second kappa shape index (κ2) is 3.99. The summed E-state index contributed by atoms with van der Waals surface area (Å²) in [5, 5.41) is 0. The maximum atomic E-state index is 10.7. The Hall–Kier alpha value is -1.51. The number of hydrogen-bond acceptors (Lipinski definition) is 3. The molecule has 2 aliphatic carbocycles. The Kier molecular flexibility index (Phi) is 2.63. The van der Waals surface area contributed by atoms with Crippen molar-refractivity contribution in [1.82, 2.24) is 0 Å². The standard InChI is InChI=1S/C16H20O3/c1-15(2)6-4-7-16(3)13(15)9-12(19-10-17)11-5-8-18-14(11)16/h4-5,7-8,10,12-13H,6,9H2,1-3H3/t12-,13+,16-/m0/s1. The van der Waals surface area contributed by atoms with Crippen LogP contribution in [0.3, 0.4) is 0 Å². The molecule has 0 bridgehead atoms. The highest BCUT2D eigenvalue weighted by molar-refractivity contribution is 5.43. The fraction of sp³-hybridized carbons (Fsp3) is 0.562. The normalized spacial score (nSPS) is 35.3. The third-order valence-electron chi connectivity index (χ3n) is 4.98. The largest absolute Gasteiger partial charge is 0.468 e. The highest BCUT2D eigenvalue weighted by atomic mass is 16.5. The lowest BCUT2D eigenvalue weighted by Crippen LogP contribution is -2.46. The van der Waals surface area contributed by atoms with E-state index in [0.717, 1.165) is 24.2 Å². The van der Waals surface area contributed by atoms with E-state index in [4.69, 9.17) is 9.15 Å². The van der Waals surface area contributed by atoms with Crippen molar-refractivity contribution in [2.45, 2.75) is 45.1 Å². The second-order valence-electron chi connectivity index (χ2n) is 6.59. The molecule has 0 aliphatic heterocycles. The SMILES string of the molecule is CC1(C)CC=C[C@]2(C)c3occc3[C@@H](OC=O)C[C@H]12. The minimum atomic E-state index is -0.171. The van der Waals surface area contributed by atoms with E-state index in [1.807, 2.05) is 6.07 Å². The van der Waals surface area contributed by atoms with Crippen LogP contribution in [0.25, 0.3) is 0 Å². The van der Waals surface area contributed by atoms with Gasteiger partial charge >= 0.3 is 0 Å². The Bertz CT molecular complexity index is 526. The van der Waals surface area contributed by atoms with Gasteiger partial charge < -0.3 is 9.15 Å². The minimum Gasteiger partial charge on any atom is -0.468 e. The molecule has 3 nitrogen and oxygen atoms in total. The number of allylic oxidation sites excluding steroid dienone is 2. The van der Waals surface area contributed by atoms with Crippen LogP contribution < -0.4 is 0 Å². The smallest absolute Gasteiger partial charge is 0.293 e. The van der Waals surface area contributed by atoms with Crippen LogP contribution in [0.2, 0.25) is 0 Å². The monoisotopic (exact) mass is 260 g/mol. The van der Waals surface area contributed by atoms with Crippen LogP contribution in [-0.2, 0) is 14.9 Å². The molecule has 0 aromatic carbocycles. The van der Waals surface area contributed by atoms with Crippen LogP contribution in [0.5, 0.6) is 0 Å². The molecule has 0 saturated heterocycles. The Morgan fingerprint density at radius 1 is 1.42 bits per heavy atom. The van der Waals surface area contributed by atoms with Gasteiger partial charge in [0.15, 0.2) is 0 Å². The number of carbonyl (C=O) groups excluding carboxylic acids is 1. The second-order valence-corrected chi connectivity index (χ2v) is 6.59. The third kappa shape index (κ3) is 1.67. The first-order valence-corrected chi connectivity index (χ1v) is 6.84. The van der Waals surface area contributed by atoms with Crippen LogP contribution in [0.1, 0.15) is 51.0 Å². The van der Waals surface area contributed by atoms with Crippen molar-refractivity contribution >= 4 is 6.47 Å². The molecule has 3 heteroatoms. The zero-order valence-corrected chi connectivity index (χ0v) is 11.7. The summed E-state index contributed by atoms with van der Waals surface area (Å²) in [6.07, 6.45) is 7.96. The van der Waals surface area contributed by atoms with Crippen LogP contribution in [0.15, 0.2) is 28.9 Å². The summed E-state index contributed by atoms with van der Waals surface area (Å²) >= 11 is 0. The van der Waals surface area contributed by atoms with E-state index in [1.54, 1.807) is 6.26 Å². The molecule has 0 amide bonds. The number of ether oxygens (including phenoxy) is 1. The molecule has 3 atom stereocenters. The summed E-state index contributed by atoms with van der Waals surface area (Å²) < 4.78 is 11.0. The molecule has 102 valence electrons. The summed E-state index contributed by atoms with van der Waals surface area (Å²) in [5.74, 6) is 1.37. The van der Waals surface area contributed by atoms with Crippen molar-refractivity contribution in [2.75, 3.05) is 0 Å². The van der Waals surface area contributed by atoms with Crippen molar-refractivity contribution in [3.05, 3.63) is 35.8 Å². The quantitative estimate of drug-likeness (QED) is 0.600. The molecule has 1 heterocycles. The first kappa shape index (κ1) is 12.5. The lowest BCUT2D eigenvalue weighted by Gasteiger charge is -2.50. The number of carbonyl (C=O) groups is 1. The molecule has 0 radical (unpaired) electrons. The molecule has 3 rings (SSSR count). The fourth-order valence-electron chi connectivity index (χ4n) is 4.02. The number of rotatable bonds is 2. The van der Waals surface area contributed by atoms with Gasteiger partial charge in [0.1, 0.15) is 11.9 Å². The molecule has 0 unspecified atom stereocenters. The van der Waals surface area contributed by atoms with E-state index in [2.05, 4.69) is 32.9 Å². The zero-order chi connectivity index (χ0) is 13.7. The third-order valence-corrected chi connectivity index (χ3v) is 4.98. The first-order valence-electron chi connectivity index (χ1n) is 6.84. The van der Waals surface area contributed by atoms with Crippen molar-refractivity contribution in [2.24, 2.45) is 11.3 Å². The molecular formula is C16H20O3. The Morgan fingerprint density at radius 2 is 2.21 bits per heavy atom. The Labute approximate surface area is 113 Å². The molecule has 19 heavy (non-hydrogen) atoms. The molecule has 0 fully saturated rings. The van der Waals surface area contributed by atoms with Gasteiger partial charge in [-0.25, -0.2) is 0 Å². The predicted octanol–water partition coefficient (Wildman–Crippen LogP) is 3.76. The van der Waals surface area contributed by atoms with Crippen molar-refractivity contribution in [1.29, 1.82) is 0 Å². The Balaban J connectivity index is 2.13. The zero-order valence-electron chi connectivity index (χ0n) is 11.7. The van der Waals surface area contributed by atoms with E-state index >= 15 is 0 Å². The van der Waals surface area contributed by atoms with Gasteiger partial charge in [0, 0.05) is 11.0 Å². The van der Waals surface area contributed by atoms with Crippen molar-refractivity contribution in [3.63, 3.8) is 0 Å². The van der Waals surface area contributed by atoms with Crippen LogP contribution in [-0.4, -0.2) is 6.47 Å². The molecule has 1 aromatic rings. The van der Waals surface area contributed by atoms with E-state index in [9.17, 15) is 4.79 Å². The van der Waals surface area contributed by atoms with Gasteiger partial charge in [0.2, 0.25) is 0 Å². The summed E-state index contributed by atoms with van der Waals surface area (Å²) in [5.41, 5.74) is 1.11. The number of hydrogen-bond donors (Lipinski definition) is 0. The molecule has 2 aliphatic rings. The summed E-state index contributed by atoms with van der Waals surface area (Å²) in [6, 6.07) is 1.93. The van der Waals surface area contributed by atoms with Gasteiger partial charge in [-0.3, -0.25) is 4.79 Å². The van der Waals surface area contributed by atoms with E-state index in [-0.39, 0.29) is 16.9 Å². The first-order chi connectivity index (χ1) is 8.99. The fourth-order valence-corrected chi connectivity index (χ4v) is 4.02. The maximum Gasteiger partial charge on any atom is 0.293 e. The lowest BCUT2D eigenvalue weighted by molar-refractivity contribution is -0.136. The van der Waals surface area contributed by atoms with Gasteiger partial charge in [0.05, 0.1) is 6.26 Å². The topological polar surface area (TPSA) is 39.4 Å². The Morgan fingerprint density at radius 3 is 2.95 bits per heavy atom. The van der Waals surface area contributed by atoms with Crippen LogP contribution in [0.4, 0.5) is 0 Å². The number of fused-ring (bicyclic) bond motifs is 3. The molecular weight excluding hydrogens is 240 g/mol. The van der Waals surface area contributed by atoms with E-state index < -0.39 is 0 Å². The molecule has 1 aromatic heterocycles. The van der Waals surface area contributed by atoms with Gasteiger partial charge in [-0.15, -0.1) is 0 Å². The lowest BCUT2D eigenvalue weighted by atomic mass is 9.54. The van der Waals surface area contributed by atoms with E-state index in [1.165, 1.54) is 0 Å². The van der Waals surface area contributed by atoms with E-state index in [0.29, 0.717) is 12.4 Å². The predicted molar refractivity (Wildman–Crippen MR) is 71.6 cm³/mol. The highest BCUT2D eigenvalue weighted by Crippen LogP contribution is 2.57. The average molecular weight is 260 g/mol. The van der Waals surface area contributed by atoms with Crippen molar-refractivity contribution in [3.8, 4) is 0 Å². The van der Waals surface area contributed by atoms with Crippen molar-refractivity contribution < 1.29 is 13.9 Å². The summed E-state index contributed by atoms with van der Waals surface area (Å²) in [7, 11) is 0. The van der Waals surface area contributed by atoms with Crippen LogP contribution in [0, 0.1) is 11.3 Å². The van der Waals surface area contributed by atoms with Crippen LogP contribution >= 0.6 is 0 Å². The summed E-state index contributed by atoms with van der Waals surface area (Å²) in [4.78, 5) is 10.7. The van der Waals surface area contributed by atoms with Gasteiger partial charge in [-0.2, -0.15) is 0 Å². The molecule has 0 saturated carbocycles. The van der Waals surface area contributed by atoms with Gasteiger partial charge in [-0.1, -0.05) is 26.0 Å². The average Bonchev–Trinajstić information content (AvgIpc) is 2.81. The van der Waals surface area contributed by atoms with Gasteiger partial charge in [0.25, 0.3) is 6.47 Å². The summed E-state index contributed by atoms with van der Waals surface area (Å²) in [6.45, 7) is 7.35. The molecule has 0 spiro atoms. The maximum absolute atomic E-state index is 10.7. The number of furan rings is 1. The van der Waals surface area contributed by atoms with Gasteiger partial charge in [-0.05, 0) is 37.2 Å². The minimum absolute atomic E-state index is 0.0939. The molecule has 0 N–H and O–H groups in total.